The summed E-state index contributed by atoms with van der Waals surface area (Å²) < 4.78 is 18.9. The van der Waals surface area contributed by atoms with Crippen LogP contribution in [0.5, 0.6) is 5.75 Å². The van der Waals surface area contributed by atoms with Crippen molar-refractivity contribution in [2.75, 3.05) is 26.7 Å². The van der Waals surface area contributed by atoms with E-state index in [0.717, 1.165) is 32.0 Å². The summed E-state index contributed by atoms with van der Waals surface area (Å²) in [6.07, 6.45) is 3.09. The Balaban J connectivity index is 1.80. The Hall–Kier alpha value is -2.39. The molecule has 1 aromatic carbocycles. The van der Waals surface area contributed by atoms with Gasteiger partial charge in [0.2, 0.25) is 0 Å². The number of halogens is 1. The smallest absolute Gasteiger partial charge is 0.409 e. The third-order valence-corrected chi connectivity index (χ3v) is 5.20. The van der Waals surface area contributed by atoms with Gasteiger partial charge in [-0.1, -0.05) is 0 Å². The number of rotatable bonds is 3. The molecule has 2 aliphatic heterocycles. The molecule has 0 saturated carbocycles. The van der Waals surface area contributed by atoms with Gasteiger partial charge in [-0.05, 0) is 49.7 Å². The van der Waals surface area contributed by atoms with Crippen molar-refractivity contribution in [3.05, 3.63) is 34.5 Å². The van der Waals surface area contributed by atoms with Crippen molar-refractivity contribution in [1.29, 1.82) is 0 Å². The van der Waals surface area contributed by atoms with Crippen LogP contribution >= 0.6 is 11.8 Å². The summed E-state index contributed by atoms with van der Waals surface area (Å²) in [4.78, 5) is 30.1. The Labute approximate surface area is 161 Å². The SMILES string of the molecule is CCN(C)C(=O)Oc1cc(F)ccc1/C=C1/SC(N2CCCCN2)=NC1=O. The van der Waals surface area contributed by atoms with Crippen LogP contribution < -0.4 is 10.2 Å². The normalized spacial score (nSPS) is 18.6. The minimum Gasteiger partial charge on any atom is -0.409 e. The zero-order valence-corrected chi connectivity index (χ0v) is 16.0. The quantitative estimate of drug-likeness (QED) is 0.798. The molecule has 1 N–H and O–H groups in total. The molecule has 0 aromatic heterocycles. The number of aliphatic imine (C=N–C) groups is 1. The highest BCUT2D eigenvalue weighted by Crippen LogP contribution is 2.32. The van der Waals surface area contributed by atoms with Crippen LogP contribution in [0.4, 0.5) is 9.18 Å². The van der Waals surface area contributed by atoms with Gasteiger partial charge in [-0.3, -0.25) is 9.80 Å². The molecule has 0 aliphatic carbocycles. The molecule has 0 radical (unpaired) electrons. The maximum atomic E-state index is 13.6. The van der Waals surface area contributed by atoms with E-state index < -0.39 is 11.9 Å². The highest BCUT2D eigenvalue weighted by atomic mass is 32.2. The number of hydrogen-bond donors (Lipinski definition) is 1. The molecule has 144 valence electrons. The molecular weight excluding hydrogens is 371 g/mol. The Kier molecular flexibility index (Phi) is 6.12. The summed E-state index contributed by atoms with van der Waals surface area (Å²) in [7, 11) is 1.59. The Morgan fingerprint density at radius 3 is 3.00 bits per heavy atom. The molecule has 1 aromatic rings. The zero-order valence-electron chi connectivity index (χ0n) is 15.2. The minimum atomic E-state index is -0.595. The van der Waals surface area contributed by atoms with Gasteiger partial charge in [0.1, 0.15) is 11.6 Å². The van der Waals surface area contributed by atoms with Gasteiger partial charge in [0.25, 0.3) is 5.91 Å². The number of carbonyl (C=O) groups excluding carboxylic acids is 2. The van der Waals surface area contributed by atoms with E-state index in [1.807, 2.05) is 5.01 Å². The number of nitrogens with one attached hydrogen (secondary N) is 1. The second-order valence-corrected chi connectivity index (χ2v) is 7.15. The number of amides is 2. The average molecular weight is 392 g/mol. The lowest BCUT2D eigenvalue weighted by atomic mass is 10.2. The monoisotopic (exact) mass is 392 g/mol. The Morgan fingerprint density at radius 1 is 1.48 bits per heavy atom. The summed E-state index contributed by atoms with van der Waals surface area (Å²) in [6.45, 7) is 3.89. The molecule has 0 spiro atoms. The zero-order chi connectivity index (χ0) is 19.4. The van der Waals surface area contributed by atoms with Gasteiger partial charge in [0.05, 0.1) is 4.91 Å². The fraction of sp³-hybridized carbons (Fsp3) is 0.389. The van der Waals surface area contributed by atoms with Gasteiger partial charge in [-0.25, -0.2) is 14.6 Å². The van der Waals surface area contributed by atoms with E-state index in [0.29, 0.717) is 22.2 Å². The van der Waals surface area contributed by atoms with Crippen LogP contribution in [-0.4, -0.2) is 53.8 Å². The lowest BCUT2D eigenvalue weighted by Crippen LogP contribution is -2.45. The first-order chi connectivity index (χ1) is 13.0. The number of amidine groups is 1. The fourth-order valence-corrected chi connectivity index (χ4v) is 3.43. The van der Waals surface area contributed by atoms with Crippen molar-refractivity contribution >= 4 is 35.0 Å². The van der Waals surface area contributed by atoms with Crippen LogP contribution in [-0.2, 0) is 4.79 Å². The number of benzene rings is 1. The van der Waals surface area contributed by atoms with Gasteiger partial charge < -0.3 is 9.64 Å². The van der Waals surface area contributed by atoms with E-state index in [2.05, 4.69) is 10.4 Å². The van der Waals surface area contributed by atoms with Gasteiger partial charge in [0.15, 0.2) is 5.17 Å². The van der Waals surface area contributed by atoms with Crippen molar-refractivity contribution in [2.24, 2.45) is 4.99 Å². The first kappa shape index (κ1) is 19.4. The number of nitrogens with zero attached hydrogens (tertiary/aromatic N) is 3. The number of thioether (sulfide) groups is 1. The summed E-state index contributed by atoms with van der Waals surface area (Å²) in [6, 6.07) is 3.86. The lowest BCUT2D eigenvalue weighted by molar-refractivity contribution is -0.113. The van der Waals surface area contributed by atoms with Crippen molar-refractivity contribution in [3.63, 3.8) is 0 Å². The second kappa shape index (κ2) is 8.53. The number of carbonyl (C=O) groups is 2. The molecule has 0 unspecified atom stereocenters. The van der Waals surface area contributed by atoms with Gasteiger partial charge in [0, 0.05) is 38.3 Å². The number of hydrazine groups is 1. The standard InChI is InChI=1S/C18H21FN4O3S/c1-3-22(2)18(25)26-14-11-13(19)7-6-12(14)10-15-16(24)21-17(27-15)23-9-5-4-8-20-23/h6-7,10-11,20H,3-5,8-9H2,1-2H3/b15-10+. The topological polar surface area (TPSA) is 74.2 Å². The van der Waals surface area contributed by atoms with Gasteiger partial charge >= 0.3 is 6.09 Å². The van der Waals surface area contributed by atoms with E-state index in [-0.39, 0.29) is 11.7 Å². The first-order valence-electron chi connectivity index (χ1n) is 8.74. The molecule has 1 saturated heterocycles. The molecule has 9 heteroatoms. The van der Waals surface area contributed by atoms with E-state index in [9.17, 15) is 14.0 Å². The summed E-state index contributed by atoms with van der Waals surface area (Å²) in [5.41, 5.74) is 3.65. The number of ether oxygens (including phenoxy) is 1. The van der Waals surface area contributed by atoms with Crippen molar-refractivity contribution in [1.82, 2.24) is 15.3 Å². The third kappa shape index (κ3) is 4.67. The third-order valence-electron chi connectivity index (χ3n) is 4.20. The maximum absolute atomic E-state index is 13.6. The van der Waals surface area contributed by atoms with Crippen LogP contribution in [0, 0.1) is 5.82 Å². The molecule has 2 heterocycles. The predicted octanol–water partition coefficient (Wildman–Crippen LogP) is 2.85. The summed E-state index contributed by atoms with van der Waals surface area (Å²) in [5.74, 6) is -0.834. The highest BCUT2D eigenvalue weighted by molar-refractivity contribution is 8.18. The molecule has 27 heavy (non-hydrogen) atoms. The molecule has 2 aliphatic rings. The maximum Gasteiger partial charge on any atom is 0.414 e. The molecule has 0 atom stereocenters. The summed E-state index contributed by atoms with van der Waals surface area (Å²) >= 11 is 1.24. The lowest BCUT2D eigenvalue weighted by Gasteiger charge is -2.28. The van der Waals surface area contributed by atoms with Crippen LogP contribution in [0.25, 0.3) is 6.08 Å². The van der Waals surface area contributed by atoms with Crippen LogP contribution in [0.3, 0.4) is 0 Å². The fourth-order valence-electron chi connectivity index (χ4n) is 2.52. The average Bonchev–Trinajstić information content (AvgIpc) is 3.04. The Bertz CT molecular complexity index is 806. The first-order valence-corrected chi connectivity index (χ1v) is 9.55. The van der Waals surface area contributed by atoms with E-state index in [4.69, 9.17) is 4.74 Å². The van der Waals surface area contributed by atoms with Crippen LogP contribution in [0.2, 0.25) is 0 Å². The van der Waals surface area contributed by atoms with E-state index >= 15 is 0 Å². The molecule has 0 bridgehead atoms. The van der Waals surface area contributed by atoms with Crippen molar-refractivity contribution < 1.29 is 18.7 Å². The number of hydrogen-bond acceptors (Lipinski definition) is 6. The molecular formula is C18H21FN4O3S. The predicted molar refractivity (Wildman–Crippen MR) is 103 cm³/mol. The highest BCUT2D eigenvalue weighted by Gasteiger charge is 2.27. The van der Waals surface area contributed by atoms with Gasteiger partial charge in [-0.2, -0.15) is 4.99 Å². The van der Waals surface area contributed by atoms with Crippen LogP contribution in [0.15, 0.2) is 28.1 Å². The van der Waals surface area contributed by atoms with E-state index in [1.165, 1.54) is 28.8 Å². The molecule has 1 fully saturated rings. The molecule has 2 amide bonds. The molecule has 3 rings (SSSR count). The van der Waals surface area contributed by atoms with Gasteiger partial charge in [-0.15, -0.1) is 0 Å². The van der Waals surface area contributed by atoms with Crippen molar-refractivity contribution in [2.45, 2.75) is 19.8 Å². The largest absolute Gasteiger partial charge is 0.414 e. The van der Waals surface area contributed by atoms with Crippen molar-refractivity contribution in [3.8, 4) is 5.75 Å². The van der Waals surface area contributed by atoms with Crippen LogP contribution in [0.1, 0.15) is 25.3 Å². The molecule has 7 nitrogen and oxygen atoms in total. The van der Waals surface area contributed by atoms with E-state index in [1.54, 1.807) is 20.0 Å². The summed E-state index contributed by atoms with van der Waals surface area (Å²) in [5, 5.41) is 2.46. The second-order valence-electron chi connectivity index (χ2n) is 6.14. The minimum absolute atomic E-state index is 0.0609. The Morgan fingerprint density at radius 2 is 2.30 bits per heavy atom.